The van der Waals surface area contributed by atoms with Gasteiger partial charge >= 0.3 is 0 Å². The van der Waals surface area contributed by atoms with E-state index in [2.05, 4.69) is 41.0 Å². The molecule has 0 radical (unpaired) electrons. The summed E-state index contributed by atoms with van der Waals surface area (Å²) in [5, 5.41) is 12.5. The number of pyridine rings is 2. The molecule has 3 aromatic heterocycles. The molecule has 156 valence electrons. The molecule has 0 spiro atoms. The largest absolute Gasteiger partial charge is 0.345 e. The van der Waals surface area contributed by atoms with Gasteiger partial charge in [-0.15, -0.1) is 10.2 Å². The average molecular weight is 477 g/mol. The van der Waals surface area contributed by atoms with E-state index in [-0.39, 0.29) is 5.91 Å². The quantitative estimate of drug-likeness (QED) is 0.474. The molecule has 0 saturated carbocycles. The van der Waals surface area contributed by atoms with Gasteiger partial charge in [0.2, 0.25) is 0 Å². The zero-order valence-corrected chi connectivity index (χ0v) is 18.5. The maximum Gasteiger partial charge on any atom is 0.252 e. The maximum absolute atomic E-state index is 13.3. The van der Waals surface area contributed by atoms with Crippen LogP contribution in [0.1, 0.15) is 41.3 Å². The lowest BCUT2D eigenvalue weighted by atomic mass is 10.0. The van der Waals surface area contributed by atoms with Gasteiger partial charge in [-0.3, -0.25) is 9.78 Å². The van der Waals surface area contributed by atoms with E-state index >= 15 is 0 Å². The summed E-state index contributed by atoms with van der Waals surface area (Å²) in [6.45, 7) is 1.25. The van der Waals surface area contributed by atoms with Gasteiger partial charge < -0.3 is 9.88 Å². The van der Waals surface area contributed by atoms with Gasteiger partial charge in [-0.25, -0.2) is 4.98 Å². The van der Waals surface area contributed by atoms with Crippen LogP contribution in [-0.2, 0) is 19.5 Å². The van der Waals surface area contributed by atoms with Crippen LogP contribution < -0.4 is 5.32 Å². The molecule has 1 aliphatic rings. The van der Waals surface area contributed by atoms with Crippen LogP contribution in [0.25, 0.3) is 22.2 Å². The summed E-state index contributed by atoms with van der Waals surface area (Å²) in [6.07, 6.45) is 7.84. The Bertz CT molecular complexity index is 1250. The van der Waals surface area contributed by atoms with Gasteiger partial charge in [-0.2, -0.15) is 0 Å². The number of hydrogen-bond acceptors (Lipinski definition) is 5. The number of rotatable bonds is 4. The molecule has 0 saturated heterocycles. The second kappa shape index (κ2) is 8.55. The second-order valence-electron chi connectivity index (χ2n) is 7.63. The van der Waals surface area contributed by atoms with E-state index in [1.807, 2.05) is 36.4 Å². The highest BCUT2D eigenvalue weighted by Gasteiger charge is 2.18. The number of halogens is 1. The SMILES string of the molecule is O=C(NCc1nnc2n1CCCCC2)c1cc(-c2ccncc2)nc2ccc(Br)cc12. The molecule has 5 rings (SSSR count). The number of carbonyl (C=O) groups excluding carboxylic acids is 1. The minimum atomic E-state index is -0.160. The summed E-state index contributed by atoms with van der Waals surface area (Å²) < 4.78 is 3.05. The first kappa shape index (κ1) is 19.8. The van der Waals surface area contributed by atoms with Gasteiger partial charge in [0.25, 0.3) is 5.91 Å². The zero-order chi connectivity index (χ0) is 21.2. The first-order chi connectivity index (χ1) is 15.2. The number of aromatic nitrogens is 5. The summed E-state index contributed by atoms with van der Waals surface area (Å²) in [7, 11) is 0. The van der Waals surface area contributed by atoms with Crippen molar-refractivity contribution in [1.29, 1.82) is 0 Å². The number of nitrogens with one attached hydrogen (secondary N) is 1. The Morgan fingerprint density at radius 1 is 1.06 bits per heavy atom. The van der Waals surface area contributed by atoms with Crippen molar-refractivity contribution in [3.63, 3.8) is 0 Å². The van der Waals surface area contributed by atoms with Crippen molar-refractivity contribution >= 4 is 32.7 Å². The van der Waals surface area contributed by atoms with Crippen LogP contribution in [0.5, 0.6) is 0 Å². The molecule has 0 aliphatic carbocycles. The van der Waals surface area contributed by atoms with Crippen molar-refractivity contribution in [3.8, 4) is 11.3 Å². The first-order valence-corrected chi connectivity index (χ1v) is 11.2. The Kier molecular flexibility index (Phi) is 5.46. The molecule has 8 heteroatoms. The summed E-state index contributed by atoms with van der Waals surface area (Å²) in [5.74, 6) is 1.66. The van der Waals surface area contributed by atoms with Crippen molar-refractivity contribution in [2.75, 3.05) is 0 Å². The van der Waals surface area contributed by atoms with Crippen molar-refractivity contribution in [1.82, 2.24) is 30.0 Å². The molecule has 0 unspecified atom stereocenters. The molecule has 4 heterocycles. The number of aryl methyl sites for hydroxylation is 1. The highest BCUT2D eigenvalue weighted by molar-refractivity contribution is 9.10. The zero-order valence-electron chi connectivity index (χ0n) is 16.9. The number of nitrogens with zero attached hydrogens (tertiary/aromatic N) is 5. The van der Waals surface area contributed by atoms with Crippen LogP contribution in [0.2, 0.25) is 0 Å². The Balaban J connectivity index is 1.48. The van der Waals surface area contributed by atoms with Gasteiger partial charge in [0.05, 0.1) is 23.3 Å². The Labute approximate surface area is 188 Å². The second-order valence-corrected chi connectivity index (χ2v) is 8.55. The van der Waals surface area contributed by atoms with E-state index in [1.165, 1.54) is 6.42 Å². The number of hydrogen-bond donors (Lipinski definition) is 1. The summed E-state index contributed by atoms with van der Waals surface area (Å²) in [4.78, 5) is 22.1. The number of benzene rings is 1. The van der Waals surface area contributed by atoms with Crippen LogP contribution in [0.15, 0.2) is 53.3 Å². The van der Waals surface area contributed by atoms with E-state index in [0.29, 0.717) is 12.1 Å². The van der Waals surface area contributed by atoms with Crippen LogP contribution in [0.3, 0.4) is 0 Å². The van der Waals surface area contributed by atoms with Crippen LogP contribution in [-0.4, -0.2) is 30.6 Å². The predicted molar refractivity (Wildman–Crippen MR) is 121 cm³/mol. The van der Waals surface area contributed by atoms with Gasteiger partial charge in [0, 0.05) is 40.8 Å². The van der Waals surface area contributed by atoms with E-state index in [1.54, 1.807) is 12.4 Å². The predicted octanol–water partition coefficient (Wildman–Crippen LogP) is 4.31. The molecule has 1 aromatic carbocycles. The number of carbonyl (C=O) groups is 1. The summed E-state index contributed by atoms with van der Waals surface area (Å²) in [5.41, 5.74) is 2.99. The molecule has 0 bridgehead atoms. The van der Waals surface area contributed by atoms with Crippen LogP contribution in [0.4, 0.5) is 0 Å². The van der Waals surface area contributed by atoms with Crippen LogP contribution in [0, 0.1) is 0 Å². The monoisotopic (exact) mass is 476 g/mol. The van der Waals surface area contributed by atoms with Gasteiger partial charge in [-0.1, -0.05) is 22.4 Å². The van der Waals surface area contributed by atoms with Crippen molar-refractivity contribution < 1.29 is 4.79 Å². The van der Waals surface area contributed by atoms with Crippen LogP contribution >= 0.6 is 15.9 Å². The molecular formula is C23H21BrN6O. The molecule has 31 heavy (non-hydrogen) atoms. The fourth-order valence-corrected chi connectivity index (χ4v) is 4.35. The van der Waals surface area contributed by atoms with Crippen molar-refractivity contribution in [2.24, 2.45) is 0 Å². The van der Waals surface area contributed by atoms with Crippen molar-refractivity contribution in [2.45, 2.75) is 38.8 Å². The topological polar surface area (TPSA) is 85.6 Å². The van der Waals surface area contributed by atoms with Crippen molar-refractivity contribution in [3.05, 3.63) is 70.5 Å². The smallest absolute Gasteiger partial charge is 0.252 e. The number of fused-ring (bicyclic) bond motifs is 2. The van der Waals surface area contributed by atoms with Gasteiger partial charge in [0.1, 0.15) is 5.82 Å². The third-order valence-corrected chi connectivity index (χ3v) is 6.08. The molecule has 0 fully saturated rings. The van der Waals surface area contributed by atoms with Gasteiger partial charge in [0.15, 0.2) is 5.82 Å². The minimum Gasteiger partial charge on any atom is -0.345 e. The van der Waals surface area contributed by atoms with E-state index < -0.39 is 0 Å². The third kappa shape index (κ3) is 4.07. The lowest BCUT2D eigenvalue weighted by Gasteiger charge is -2.12. The van der Waals surface area contributed by atoms with E-state index in [9.17, 15) is 4.79 Å². The van der Waals surface area contributed by atoms with E-state index in [0.717, 1.165) is 64.1 Å². The molecule has 1 aliphatic heterocycles. The molecule has 0 atom stereocenters. The fourth-order valence-electron chi connectivity index (χ4n) is 3.99. The standard InChI is InChI=1S/C23H21BrN6O/c24-16-5-6-19-17(12-16)18(13-20(27-19)15-7-9-25-10-8-15)23(31)26-14-22-29-28-21-4-2-1-3-11-30(21)22/h5-10,12-13H,1-4,11,14H2,(H,26,31). The lowest BCUT2D eigenvalue weighted by molar-refractivity contribution is 0.0951. The normalized spacial score (nSPS) is 13.6. The summed E-state index contributed by atoms with van der Waals surface area (Å²) >= 11 is 3.51. The third-order valence-electron chi connectivity index (χ3n) is 5.58. The fraction of sp³-hybridized carbons (Fsp3) is 0.261. The Hall–Kier alpha value is -3.13. The summed E-state index contributed by atoms with van der Waals surface area (Å²) in [6, 6.07) is 11.4. The average Bonchev–Trinajstić information content (AvgIpc) is 3.03. The maximum atomic E-state index is 13.3. The molecule has 1 amide bonds. The molecule has 4 aromatic rings. The number of amides is 1. The molecule has 7 nitrogen and oxygen atoms in total. The van der Waals surface area contributed by atoms with Gasteiger partial charge in [-0.05, 0) is 49.2 Å². The lowest BCUT2D eigenvalue weighted by Crippen LogP contribution is -2.25. The molecule has 1 N–H and O–H groups in total. The first-order valence-electron chi connectivity index (χ1n) is 10.4. The highest BCUT2D eigenvalue weighted by atomic mass is 79.9. The Morgan fingerprint density at radius 3 is 2.81 bits per heavy atom. The Morgan fingerprint density at radius 2 is 1.94 bits per heavy atom. The minimum absolute atomic E-state index is 0.160. The van der Waals surface area contributed by atoms with E-state index in [4.69, 9.17) is 4.98 Å². The molecular weight excluding hydrogens is 456 g/mol. The highest BCUT2D eigenvalue weighted by Crippen LogP contribution is 2.27.